The van der Waals surface area contributed by atoms with Gasteiger partial charge in [0.25, 0.3) is 0 Å². The van der Waals surface area contributed by atoms with Crippen molar-refractivity contribution >= 4 is 17.4 Å². The Morgan fingerprint density at radius 1 is 1.14 bits per heavy atom. The summed E-state index contributed by atoms with van der Waals surface area (Å²) in [5, 5.41) is 2.92. The molecule has 4 nitrogen and oxygen atoms in total. The Bertz CT molecular complexity index is 505. The summed E-state index contributed by atoms with van der Waals surface area (Å²) in [5.41, 5.74) is 1.31. The summed E-state index contributed by atoms with van der Waals surface area (Å²) in [6.45, 7) is 5.46. The Labute approximate surface area is 126 Å². The average molecular weight is 288 g/mol. The molecule has 1 amide bonds. The zero-order chi connectivity index (χ0) is 15.2. The number of ketones is 1. The van der Waals surface area contributed by atoms with Gasteiger partial charge >= 0.3 is 0 Å². The average Bonchev–Trinajstić information content (AvgIpc) is 2.75. The molecule has 4 heteroatoms. The molecule has 1 heterocycles. The predicted octanol–water partition coefficient (Wildman–Crippen LogP) is 3.09. The molecule has 0 aliphatic carbocycles. The minimum Gasteiger partial charge on any atom is -0.325 e. The molecule has 0 aromatic heterocycles. The molecule has 21 heavy (non-hydrogen) atoms. The summed E-state index contributed by atoms with van der Waals surface area (Å²) < 4.78 is 0. The van der Waals surface area contributed by atoms with Crippen LogP contribution in [0.1, 0.15) is 49.9 Å². The fourth-order valence-electron chi connectivity index (χ4n) is 2.71. The molecular weight excluding hydrogens is 264 g/mol. The smallest absolute Gasteiger partial charge is 0.241 e. The van der Waals surface area contributed by atoms with Crippen LogP contribution in [0.4, 0.5) is 5.69 Å². The van der Waals surface area contributed by atoms with Crippen LogP contribution in [0.2, 0.25) is 0 Å². The van der Waals surface area contributed by atoms with E-state index in [1.54, 1.807) is 18.2 Å². The Kier molecular flexibility index (Phi) is 5.51. The highest BCUT2D eigenvalue weighted by Gasteiger charge is 2.22. The van der Waals surface area contributed by atoms with Crippen LogP contribution in [-0.2, 0) is 4.79 Å². The number of rotatable bonds is 4. The van der Waals surface area contributed by atoms with Crippen molar-refractivity contribution in [3.05, 3.63) is 29.8 Å². The van der Waals surface area contributed by atoms with Crippen molar-refractivity contribution in [3.8, 4) is 0 Å². The molecule has 1 fully saturated rings. The zero-order valence-corrected chi connectivity index (χ0v) is 12.9. The molecule has 0 radical (unpaired) electrons. The number of nitrogens with one attached hydrogen (secondary N) is 1. The van der Waals surface area contributed by atoms with E-state index < -0.39 is 0 Å². The summed E-state index contributed by atoms with van der Waals surface area (Å²) in [6, 6.07) is 6.97. The van der Waals surface area contributed by atoms with Crippen LogP contribution >= 0.6 is 0 Å². The first-order chi connectivity index (χ1) is 10.1. The fraction of sp³-hybridized carbons (Fsp3) is 0.529. The third-order valence-electron chi connectivity index (χ3n) is 4.10. The quantitative estimate of drug-likeness (QED) is 0.866. The molecule has 1 saturated heterocycles. The maximum atomic E-state index is 12.4. The Morgan fingerprint density at radius 2 is 1.81 bits per heavy atom. The monoisotopic (exact) mass is 288 g/mol. The number of amides is 1. The van der Waals surface area contributed by atoms with Crippen LogP contribution in [0.5, 0.6) is 0 Å². The molecular formula is C17H24N2O2. The molecule has 0 unspecified atom stereocenters. The van der Waals surface area contributed by atoms with Crippen LogP contribution in [0.15, 0.2) is 24.3 Å². The highest BCUT2D eigenvalue weighted by atomic mass is 16.2. The first-order valence-corrected chi connectivity index (χ1v) is 7.74. The van der Waals surface area contributed by atoms with Crippen molar-refractivity contribution in [3.63, 3.8) is 0 Å². The molecule has 0 bridgehead atoms. The lowest BCUT2D eigenvalue weighted by molar-refractivity contribution is -0.120. The van der Waals surface area contributed by atoms with Gasteiger partial charge < -0.3 is 5.32 Å². The molecule has 2 rings (SSSR count). The lowest BCUT2D eigenvalue weighted by Crippen LogP contribution is -2.42. The molecule has 1 N–H and O–H groups in total. The molecule has 0 saturated carbocycles. The van der Waals surface area contributed by atoms with E-state index in [9.17, 15) is 9.59 Å². The van der Waals surface area contributed by atoms with Gasteiger partial charge in [-0.05, 0) is 51.9 Å². The van der Waals surface area contributed by atoms with Crippen LogP contribution in [-0.4, -0.2) is 35.7 Å². The van der Waals surface area contributed by atoms with E-state index in [0.29, 0.717) is 11.3 Å². The number of benzene rings is 1. The van der Waals surface area contributed by atoms with Crippen molar-refractivity contribution < 1.29 is 9.59 Å². The van der Waals surface area contributed by atoms with Gasteiger partial charge in [-0.2, -0.15) is 0 Å². The van der Waals surface area contributed by atoms with Gasteiger partial charge in [-0.3, -0.25) is 14.5 Å². The summed E-state index contributed by atoms with van der Waals surface area (Å²) in [7, 11) is 0. The first-order valence-electron chi connectivity index (χ1n) is 7.74. The number of anilines is 1. The molecule has 1 atom stereocenters. The van der Waals surface area contributed by atoms with E-state index in [0.717, 1.165) is 25.9 Å². The van der Waals surface area contributed by atoms with Crippen molar-refractivity contribution in [1.82, 2.24) is 4.90 Å². The van der Waals surface area contributed by atoms with Gasteiger partial charge in [-0.15, -0.1) is 0 Å². The number of carbonyl (C=O) groups excluding carboxylic acids is 2. The number of carbonyl (C=O) groups is 2. The van der Waals surface area contributed by atoms with Gasteiger partial charge in [0, 0.05) is 11.3 Å². The van der Waals surface area contributed by atoms with Gasteiger partial charge in [0.2, 0.25) is 5.91 Å². The van der Waals surface area contributed by atoms with Crippen molar-refractivity contribution in [2.75, 3.05) is 18.4 Å². The van der Waals surface area contributed by atoms with Crippen molar-refractivity contribution in [2.45, 2.75) is 45.6 Å². The van der Waals surface area contributed by atoms with E-state index in [2.05, 4.69) is 10.2 Å². The molecule has 1 aromatic rings. The molecule has 114 valence electrons. The lowest BCUT2D eigenvalue weighted by Gasteiger charge is -2.26. The third kappa shape index (κ3) is 4.39. The number of hydrogen-bond donors (Lipinski definition) is 1. The van der Waals surface area contributed by atoms with E-state index in [-0.39, 0.29) is 17.7 Å². The minimum atomic E-state index is -0.135. The number of hydrogen-bond acceptors (Lipinski definition) is 3. The largest absolute Gasteiger partial charge is 0.325 e. The second-order valence-corrected chi connectivity index (χ2v) is 5.75. The third-order valence-corrected chi connectivity index (χ3v) is 4.10. The highest BCUT2D eigenvalue weighted by Crippen LogP contribution is 2.15. The van der Waals surface area contributed by atoms with Gasteiger partial charge in [0.15, 0.2) is 5.78 Å². The number of nitrogens with zero attached hydrogens (tertiary/aromatic N) is 1. The SMILES string of the molecule is CC(=O)c1cccc(NC(=O)[C@H](C)N2CCCCCC2)c1. The summed E-state index contributed by atoms with van der Waals surface area (Å²) in [6.07, 6.45) is 4.84. The maximum absolute atomic E-state index is 12.4. The minimum absolute atomic E-state index is 0.00222. The van der Waals surface area contributed by atoms with E-state index in [4.69, 9.17) is 0 Å². The normalized spacial score (nSPS) is 17.8. The highest BCUT2D eigenvalue weighted by molar-refractivity contribution is 5.98. The second kappa shape index (κ2) is 7.36. The summed E-state index contributed by atoms with van der Waals surface area (Å²) in [5.74, 6) is 0.00395. The van der Waals surface area contributed by atoms with Gasteiger partial charge in [-0.1, -0.05) is 25.0 Å². The predicted molar refractivity (Wildman–Crippen MR) is 84.6 cm³/mol. The molecule has 1 aliphatic heterocycles. The van der Waals surface area contributed by atoms with Gasteiger partial charge in [-0.25, -0.2) is 0 Å². The second-order valence-electron chi connectivity index (χ2n) is 5.75. The topological polar surface area (TPSA) is 49.4 Å². The summed E-state index contributed by atoms with van der Waals surface area (Å²) in [4.78, 5) is 26.0. The molecule has 1 aliphatic rings. The van der Waals surface area contributed by atoms with Crippen molar-refractivity contribution in [2.24, 2.45) is 0 Å². The zero-order valence-electron chi connectivity index (χ0n) is 12.9. The summed E-state index contributed by atoms with van der Waals surface area (Å²) >= 11 is 0. The number of likely N-dealkylation sites (tertiary alicyclic amines) is 1. The number of Topliss-reactive ketones (excluding diaryl/α,β-unsaturated/α-hetero) is 1. The maximum Gasteiger partial charge on any atom is 0.241 e. The van der Waals surface area contributed by atoms with E-state index >= 15 is 0 Å². The standard InChI is InChI=1S/C17H24N2O2/c1-13(19-10-5-3-4-6-11-19)17(21)18-16-9-7-8-15(12-16)14(2)20/h7-9,12-13H,3-6,10-11H2,1-2H3,(H,18,21)/t13-/m0/s1. The van der Waals surface area contributed by atoms with E-state index in [1.165, 1.54) is 19.8 Å². The first kappa shape index (κ1) is 15.7. The van der Waals surface area contributed by atoms with Gasteiger partial charge in [0.1, 0.15) is 0 Å². The van der Waals surface area contributed by atoms with Crippen LogP contribution < -0.4 is 5.32 Å². The van der Waals surface area contributed by atoms with E-state index in [1.807, 2.05) is 13.0 Å². The van der Waals surface area contributed by atoms with Crippen LogP contribution in [0.3, 0.4) is 0 Å². The van der Waals surface area contributed by atoms with Crippen molar-refractivity contribution in [1.29, 1.82) is 0 Å². The lowest BCUT2D eigenvalue weighted by atomic mass is 10.1. The fourth-order valence-corrected chi connectivity index (χ4v) is 2.71. The van der Waals surface area contributed by atoms with Crippen LogP contribution in [0, 0.1) is 0 Å². The molecule has 1 aromatic carbocycles. The Balaban J connectivity index is 1.99. The van der Waals surface area contributed by atoms with Gasteiger partial charge in [0.05, 0.1) is 6.04 Å². The Morgan fingerprint density at radius 3 is 2.43 bits per heavy atom. The van der Waals surface area contributed by atoms with Crippen LogP contribution in [0.25, 0.3) is 0 Å². The Hall–Kier alpha value is -1.68. The molecule has 0 spiro atoms.